The molecule has 0 aliphatic carbocycles. The number of anilines is 1. The molecule has 1 saturated heterocycles. The van der Waals surface area contributed by atoms with Crippen LogP contribution in [0.15, 0.2) is 23.1 Å². The molecule has 0 amide bonds. The molecule has 4 nitrogen and oxygen atoms in total. The maximum Gasteiger partial charge on any atom is 0.107 e. The standard InChI is InChI=1S/C15H23N3OS2/c1-3-21-13-6-4-5-12(14(13)15(16)20)17-9-11-10-18(2)7-8-19-11/h4-6,11,17H,3,7-10H2,1-2H3,(H2,16,20). The monoisotopic (exact) mass is 325 g/mol. The Morgan fingerprint density at radius 2 is 2.38 bits per heavy atom. The van der Waals surface area contributed by atoms with Crippen LogP contribution in [0.1, 0.15) is 12.5 Å². The van der Waals surface area contributed by atoms with Crippen LogP contribution in [0.25, 0.3) is 0 Å². The second kappa shape index (κ2) is 7.98. The van der Waals surface area contributed by atoms with Crippen LogP contribution in [0, 0.1) is 0 Å². The normalized spacial score (nSPS) is 19.4. The van der Waals surface area contributed by atoms with Gasteiger partial charge in [-0.2, -0.15) is 0 Å². The average Bonchev–Trinajstić information content (AvgIpc) is 2.45. The molecule has 1 atom stereocenters. The lowest BCUT2D eigenvalue weighted by atomic mass is 10.1. The van der Waals surface area contributed by atoms with Gasteiger partial charge >= 0.3 is 0 Å². The highest BCUT2D eigenvalue weighted by molar-refractivity contribution is 7.99. The van der Waals surface area contributed by atoms with Gasteiger partial charge < -0.3 is 20.7 Å². The Bertz CT molecular complexity index is 496. The molecule has 6 heteroatoms. The Balaban J connectivity index is 2.08. The quantitative estimate of drug-likeness (QED) is 0.618. The smallest absolute Gasteiger partial charge is 0.107 e. The van der Waals surface area contributed by atoms with Crippen molar-refractivity contribution in [1.29, 1.82) is 0 Å². The summed E-state index contributed by atoms with van der Waals surface area (Å²) in [5, 5.41) is 3.45. The van der Waals surface area contributed by atoms with E-state index in [0.29, 0.717) is 4.99 Å². The lowest BCUT2D eigenvalue weighted by Gasteiger charge is -2.30. The van der Waals surface area contributed by atoms with E-state index in [-0.39, 0.29) is 6.10 Å². The number of nitrogens with two attached hydrogens (primary N) is 1. The largest absolute Gasteiger partial charge is 0.389 e. The maximum atomic E-state index is 5.92. The molecule has 1 aliphatic heterocycles. The highest BCUT2D eigenvalue weighted by Crippen LogP contribution is 2.28. The van der Waals surface area contributed by atoms with Gasteiger partial charge in [0.1, 0.15) is 4.99 Å². The van der Waals surface area contributed by atoms with Crippen molar-refractivity contribution in [3.63, 3.8) is 0 Å². The third-order valence-electron chi connectivity index (χ3n) is 3.43. The molecule has 1 heterocycles. The number of rotatable bonds is 6. The molecular formula is C15H23N3OS2. The number of benzene rings is 1. The Hall–Kier alpha value is -0.820. The van der Waals surface area contributed by atoms with E-state index in [1.54, 1.807) is 11.8 Å². The van der Waals surface area contributed by atoms with Crippen molar-refractivity contribution >= 4 is 34.7 Å². The Labute approximate surface area is 136 Å². The van der Waals surface area contributed by atoms with Crippen molar-refractivity contribution in [2.75, 3.05) is 44.4 Å². The number of thiocarbonyl (C=S) groups is 1. The first-order chi connectivity index (χ1) is 10.1. The number of nitrogens with one attached hydrogen (secondary N) is 1. The fourth-order valence-electron chi connectivity index (χ4n) is 2.42. The summed E-state index contributed by atoms with van der Waals surface area (Å²) < 4.78 is 5.77. The number of nitrogens with zero attached hydrogens (tertiary/aromatic N) is 1. The Kier molecular flexibility index (Phi) is 6.29. The van der Waals surface area contributed by atoms with Crippen LogP contribution in [0.3, 0.4) is 0 Å². The predicted molar refractivity (Wildman–Crippen MR) is 94.5 cm³/mol. The van der Waals surface area contributed by atoms with Crippen LogP contribution in [-0.2, 0) is 4.74 Å². The fraction of sp³-hybridized carbons (Fsp3) is 0.533. The second-order valence-corrected chi connectivity index (χ2v) is 6.86. The van der Waals surface area contributed by atoms with Crippen LogP contribution in [0.2, 0.25) is 0 Å². The first-order valence-electron chi connectivity index (χ1n) is 7.21. The maximum absolute atomic E-state index is 5.92. The number of hydrogen-bond donors (Lipinski definition) is 2. The van der Waals surface area contributed by atoms with E-state index in [0.717, 1.165) is 48.1 Å². The average molecular weight is 326 g/mol. The molecule has 2 rings (SSSR count). The van der Waals surface area contributed by atoms with Crippen molar-refractivity contribution in [3.05, 3.63) is 23.8 Å². The van der Waals surface area contributed by atoms with Gasteiger partial charge in [0.25, 0.3) is 0 Å². The first kappa shape index (κ1) is 16.5. The van der Waals surface area contributed by atoms with E-state index < -0.39 is 0 Å². The van der Waals surface area contributed by atoms with Crippen molar-refractivity contribution in [2.24, 2.45) is 5.73 Å². The molecule has 1 aliphatic rings. The minimum absolute atomic E-state index is 0.199. The van der Waals surface area contributed by atoms with Gasteiger partial charge in [-0.15, -0.1) is 11.8 Å². The summed E-state index contributed by atoms with van der Waals surface area (Å²) in [5.41, 5.74) is 7.86. The molecule has 0 spiro atoms. The predicted octanol–water partition coefficient (Wildman–Crippen LogP) is 2.18. The molecule has 3 N–H and O–H groups in total. The number of morpholine rings is 1. The van der Waals surface area contributed by atoms with Gasteiger partial charge in [-0.05, 0) is 24.9 Å². The Morgan fingerprint density at radius 1 is 1.57 bits per heavy atom. The van der Waals surface area contributed by atoms with Gasteiger partial charge in [0, 0.05) is 35.8 Å². The van der Waals surface area contributed by atoms with E-state index in [4.69, 9.17) is 22.7 Å². The van der Waals surface area contributed by atoms with Crippen molar-refractivity contribution in [3.8, 4) is 0 Å². The molecule has 0 aromatic heterocycles. The zero-order chi connectivity index (χ0) is 15.2. The van der Waals surface area contributed by atoms with Gasteiger partial charge in [0.05, 0.1) is 12.7 Å². The topological polar surface area (TPSA) is 50.5 Å². The minimum Gasteiger partial charge on any atom is -0.389 e. The summed E-state index contributed by atoms with van der Waals surface area (Å²) in [6.07, 6.45) is 0.199. The molecule has 0 saturated carbocycles. The number of thioether (sulfide) groups is 1. The number of ether oxygens (including phenoxy) is 1. The van der Waals surface area contributed by atoms with Gasteiger partial charge in [-0.1, -0.05) is 25.2 Å². The molecule has 1 unspecified atom stereocenters. The molecule has 1 fully saturated rings. The molecule has 1 aromatic carbocycles. The molecule has 0 radical (unpaired) electrons. The van der Waals surface area contributed by atoms with Gasteiger partial charge in [-0.25, -0.2) is 0 Å². The summed E-state index contributed by atoms with van der Waals surface area (Å²) >= 11 is 6.98. The zero-order valence-corrected chi connectivity index (χ0v) is 14.2. The fourth-order valence-corrected chi connectivity index (χ4v) is 3.56. The van der Waals surface area contributed by atoms with Crippen molar-refractivity contribution in [2.45, 2.75) is 17.9 Å². The molecule has 1 aromatic rings. The van der Waals surface area contributed by atoms with Crippen LogP contribution in [0.4, 0.5) is 5.69 Å². The number of hydrogen-bond acceptors (Lipinski definition) is 5. The van der Waals surface area contributed by atoms with Crippen molar-refractivity contribution < 1.29 is 4.74 Å². The minimum atomic E-state index is 0.199. The number of likely N-dealkylation sites (N-methyl/N-ethyl adjacent to an activating group) is 1. The van der Waals surface area contributed by atoms with E-state index >= 15 is 0 Å². The summed E-state index contributed by atoms with van der Waals surface area (Å²) in [7, 11) is 2.12. The summed E-state index contributed by atoms with van der Waals surface area (Å²) in [5.74, 6) is 0.996. The lowest BCUT2D eigenvalue weighted by Crippen LogP contribution is -2.43. The summed E-state index contributed by atoms with van der Waals surface area (Å²) in [6.45, 7) is 5.62. The molecular weight excluding hydrogens is 302 g/mol. The third kappa shape index (κ3) is 4.57. The van der Waals surface area contributed by atoms with Crippen LogP contribution in [-0.4, -0.2) is 55.0 Å². The summed E-state index contributed by atoms with van der Waals surface area (Å²) in [4.78, 5) is 3.86. The van der Waals surface area contributed by atoms with Gasteiger partial charge in [0.15, 0.2) is 0 Å². The zero-order valence-electron chi connectivity index (χ0n) is 12.6. The van der Waals surface area contributed by atoms with Crippen LogP contribution < -0.4 is 11.1 Å². The van der Waals surface area contributed by atoms with E-state index in [2.05, 4.69) is 30.3 Å². The van der Waals surface area contributed by atoms with Crippen molar-refractivity contribution in [1.82, 2.24) is 4.90 Å². The first-order valence-corrected chi connectivity index (χ1v) is 8.60. The van der Waals surface area contributed by atoms with Crippen LogP contribution >= 0.6 is 24.0 Å². The summed E-state index contributed by atoms with van der Waals surface area (Å²) in [6, 6.07) is 6.13. The van der Waals surface area contributed by atoms with Crippen LogP contribution in [0.5, 0.6) is 0 Å². The second-order valence-electron chi connectivity index (χ2n) is 5.11. The third-order valence-corrected chi connectivity index (χ3v) is 4.58. The van der Waals surface area contributed by atoms with E-state index in [1.165, 1.54) is 0 Å². The molecule has 116 valence electrons. The Morgan fingerprint density at radius 3 is 3.05 bits per heavy atom. The highest BCUT2D eigenvalue weighted by atomic mass is 32.2. The molecule has 21 heavy (non-hydrogen) atoms. The van der Waals surface area contributed by atoms with E-state index in [1.807, 2.05) is 12.1 Å². The lowest BCUT2D eigenvalue weighted by molar-refractivity contribution is -0.0117. The van der Waals surface area contributed by atoms with Gasteiger partial charge in [0.2, 0.25) is 0 Å². The SMILES string of the molecule is CCSc1cccc(NCC2CN(C)CCO2)c1C(N)=S. The highest BCUT2D eigenvalue weighted by Gasteiger charge is 2.18. The molecule has 0 bridgehead atoms. The van der Waals surface area contributed by atoms with Gasteiger partial charge in [-0.3, -0.25) is 0 Å². The van der Waals surface area contributed by atoms with E-state index in [9.17, 15) is 0 Å².